The Morgan fingerprint density at radius 2 is 2.04 bits per heavy atom. The smallest absolute Gasteiger partial charge is 0.257 e. The lowest BCUT2D eigenvalue weighted by Gasteiger charge is -2.12. The number of nitrogens with two attached hydrogens (primary N) is 1. The standard InChI is InChI=1S/C18H23N3O5/c1-10(2)17-16(11(3)21-26-17)18(23)20-8-12-5-6-13(14(7-12)24-4)25-9-15(19)22/h5-7,10H,8-9H2,1-4H3,(H2,19,22)(H,20,23). The highest BCUT2D eigenvalue weighted by Crippen LogP contribution is 2.28. The topological polar surface area (TPSA) is 117 Å². The minimum absolute atomic E-state index is 0.0544. The molecule has 0 saturated carbocycles. The van der Waals surface area contributed by atoms with Crippen LogP contribution in [0.1, 0.15) is 47.1 Å². The van der Waals surface area contributed by atoms with Crippen LogP contribution in [-0.4, -0.2) is 30.7 Å². The maximum atomic E-state index is 12.5. The number of carbonyl (C=O) groups is 2. The summed E-state index contributed by atoms with van der Waals surface area (Å²) in [5.41, 5.74) is 6.90. The molecule has 8 nitrogen and oxygen atoms in total. The maximum Gasteiger partial charge on any atom is 0.257 e. The number of aryl methyl sites for hydroxylation is 1. The summed E-state index contributed by atoms with van der Waals surface area (Å²) < 4.78 is 15.8. The van der Waals surface area contributed by atoms with Crippen molar-refractivity contribution < 1.29 is 23.6 Å². The van der Waals surface area contributed by atoms with Crippen LogP contribution < -0.4 is 20.5 Å². The fraction of sp³-hybridized carbons (Fsp3) is 0.389. The van der Waals surface area contributed by atoms with E-state index < -0.39 is 5.91 Å². The van der Waals surface area contributed by atoms with Gasteiger partial charge in [-0.3, -0.25) is 9.59 Å². The Morgan fingerprint density at radius 3 is 2.65 bits per heavy atom. The van der Waals surface area contributed by atoms with E-state index in [-0.39, 0.29) is 25.0 Å². The van der Waals surface area contributed by atoms with Crippen molar-refractivity contribution in [1.29, 1.82) is 0 Å². The van der Waals surface area contributed by atoms with E-state index in [1.807, 2.05) is 13.8 Å². The summed E-state index contributed by atoms with van der Waals surface area (Å²) in [7, 11) is 1.49. The summed E-state index contributed by atoms with van der Waals surface area (Å²) in [6.45, 7) is 5.65. The number of primary amides is 1. The number of ether oxygens (including phenoxy) is 2. The quantitative estimate of drug-likeness (QED) is 0.742. The van der Waals surface area contributed by atoms with Crippen LogP contribution in [0.3, 0.4) is 0 Å². The molecule has 2 aromatic rings. The van der Waals surface area contributed by atoms with Gasteiger partial charge in [0, 0.05) is 12.5 Å². The van der Waals surface area contributed by atoms with Gasteiger partial charge in [0.15, 0.2) is 23.9 Å². The summed E-state index contributed by atoms with van der Waals surface area (Å²) in [6.07, 6.45) is 0. The van der Waals surface area contributed by atoms with Gasteiger partial charge < -0.3 is 25.0 Å². The van der Waals surface area contributed by atoms with Crippen molar-refractivity contribution in [3.63, 3.8) is 0 Å². The van der Waals surface area contributed by atoms with Crippen LogP contribution in [0.2, 0.25) is 0 Å². The SMILES string of the molecule is COc1cc(CNC(=O)c2c(C)noc2C(C)C)ccc1OCC(N)=O. The van der Waals surface area contributed by atoms with Gasteiger partial charge in [0.05, 0.1) is 12.8 Å². The molecule has 2 rings (SSSR count). The molecule has 0 aliphatic heterocycles. The Hall–Kier alpha value is -3.03. The molecule has 0 fully saturated rings. The molecule has 3 N–H and O–H groups in total. The molecule has 26 heavy (non-hydrogen) atoms. The van der Waals surface area contributed by atoms with Gasteiger partial charge in [-0.2, -0.15) is 0 Å². The van der Waals surface area contributed by atoms with Crippen LogP contribution in [-0.2, 0) is 11.3 Å². The lowest BCUT2D eigenvalue weighted by atomic mass is 10.0. The first-order valence-corrected chi connectivity index (χ1v) is 8.15. The highest BCUT2D eigenvalue weighted by Gasteiger charge is 2.22. The van der Waals surface area contributed by atoms with Crippen LogP contribution in [0.25, 0.3) is 0 Å². The fourth-order valence-electron chi connectivity index (χ4n) is 2.42. The third-order valence-corrected chi connectivity index (χ3v) is 3.69. The molecule has 2 amide bonds. The van der Waals surface area contributed by atoms with Gasteiger partial charge in [-0.15, -0.1) is 0 Å². The Morgan fingerprint density at radius 1 is 1.31 bits per heavy atom. The maximum absolute atomic E-state index is 12.5. The largest absolute Gasteiger partial charge is 0.493 e. The summed E-state index contributed by atoms with van der Waals surface area (Å²) >= 11 is 0. The predicted molar refractivity (Wildman–Crippen MR) is 94.2 cm³/mol. The summed E-state index contributed by atoms with van der Waals surface area (Å²) in [5, 5.41) is 6.73. The average Bonchev–Trinajstić information content (AvgIpc) is 2.99. The third kappa shape index (κ3) is 4.53. The van der Waals surface area contributed by atoms with Crippen molar-refractivity contribution >= 4 is 11.8 Å². The molecule has 0 saturated heterocycles. The summed E-state index contributed by atoms with van der Waals surface area (Å²) in [6, 6.07) is 5.15. The van der Waals surface area contributed by atoms with E-state index in [2.05, 4.69) is 10.5 Å². The number of hydrogen-bond donors (Lipinski definition) is 2. The average molecular weight is 361 g/mol. The molecule has 0 spiro atoms. The minimum Gasteiger partial charge on any atom is -0.493 e. The summed E-state index contributed by atoms with van der Waals surface area (Å²) in [5.74, 6) is 0.640. The highest BCUT2D eigenvalue weighted by molar-refractivity contribution is 5.96. The highest BCUT2D eigenvalue weighted by atomic mass is 16.5. The molecule has 8 heteroatoms. The molecule has 1 aromatic heterocycles. The van der Waals surface area contributed by atoms with Gasteiger partial charge in [0.25, 0.3) is 11.8 Å². The Labute approximate surface area is 151 Å². The molecule has 0 unspecified atom stereocenters. The Balaban J connectivity index is 2.08. The molecule has 1 aromatic carbocycles. The molecule has 0 atom stereocenters. The number of hydrogen-bond acceptors (Lipinski definition) is 6. The molecule has 0 aliphatic rings. The summed E-state index contributed by atoms with van der Waals surface area (Å²) in [4.78, 5) is 23.3. The zero-order valence-electron chi connectivity index (χ0n) is 15.3. The third-order valence-electron chi connectivity index (χ3n) is 3.69. The number of aromatic nitrogens is 1. The second kappa shape index (κ2) is 8.37. The van der Waals surface area contributed by atoms with E-state index in [0.29, 0.717) is 28.5 Å². The van der Waals surface area contributed by atoms with Gasteiger partial charge in [0.1, 0.15) is 5.56 Å². The number of benzene rings is 1. The second-order valence-electron chi connectivity index (χ2n) is 6.08. The van der Waals surface area contributed by atoms with E-state index in [9.17, 15) is 9.59 Å². The van der Waals surface area contributed by atoms with Crippen molar-refractivity contribution in [2.24, 2.45) is 5.73 Å². The van der Waals surface area contributed by atoms with Gasteiger partial charge >= 0.3 is 0 Å². The molecule has 140 valence electrons. The van der Waals surface area contributed by atoms with Crippen molar-refractivity contribution in [2.45, 2.75) is 33.2 Å². The number of nitrogens with zero attached hydrogens (tertiary/aromatic N) is 1. The van der Waals surface area contributed by atoms with E-state index in [4.69, 9.17) is 19.7 Å². The van der Waals surface area contributed by atoms with Crippen molar-refractivity contribution in [2.75, 3.05) is 13.7 Å². The van der Waals surface area contributed by atoms with Gasteiger partial charge in [-0.05, 0) is 24.6 Å². The molecule has 0 radical (unpaired) electrons. The first-order chi connectivity index (χ1) is 12.3. The van der Waals surface area contributed by atoms with Gasteiger partial charge in [-0.1, -0.05) is 25.1 Å². The number of methoxy groups -OCH3 is 1. The van der Waals surface area contributed by atoms with Crippen LogP contribution in [0.5, 0.6) is 11.5 Å². The van der Waals surface area contributed by atoms with E-state index in [1.54, 1.807) is 25.1 Å². The molecule has 1 heterocycles. The Bertz CT molecular complexity index is 798. The molecule has 0 aliphatic carbocycles. The van der Waals surface area contributed by atoms with E-state index in [0.717, 1.165) is 5.56 Å². The monoisotopic (exact) mass is 361 g/mol. The fourth-order valence-corrected chi connectivity index (χ4v) is 2.42. The number of amides is 2. The lowest BCUT2D eigenvalue weighted by Crippen LogP contribution is -2.24. The van der Waals surface area contributed by atoms with Crippen molar-refractivity contribution in [1.82, 2.24) is 10.5 Å². The molecular weight excluding hydrogens is 338 g/mol. The molecule has 0 bridgehead atoms. The van der Waals surface area contributed by atoms with Crippen LogP contribution in [0.4, 0.5) is 0 Å². The number of rotatable bonds is 8. The lowest BCUT2D eigenvalue weighted by molar-refractivity contribution is -0.119. The van der Waals surface area contributed by atoms with Gasteiger partial charge in [-0.25, -0.2) is 0 Å². The zero-order chi connectivity index (χ0) is 19.3. The van der Waals surface area contributed by atoms with Crippen molar-refractivity contribution in [3.05, 3.63) is 40.8 Å². The van der Waals surface area contributed by atoms with Crippen LogP contribution >= 0.6 is 0 Å². The van der Waals surface area contributed by atoms with Gasteiger partial charge in [0.2, 0.25) is 0 Å². The minimum atomic E-state index is -0.576. The normalized spacial score (nSPS) is 10.7. The number of nitrogens with one attached hydrogen (secondary N) is 1. The van der Waals surface area contributed by atoms with Crippen molar-refractivity contribution in [3.8, 4) is 11.5 Å². The zero-order valence-corrected chi connectivity index (χ0v) is 15.3. The molecular formula is C18H23N3O5. The second-order valence-corrected chi connectivity index (χ2v) is 6.08. The first kappa shape index (κ1) is 19.3. The van der Waals surface area contributed by atoms with E-state index in [1.165, 1.54) is 7.11 Å². The predicted octanol–water partition coefficient (Wildman–Crippen LogP) is 1.91. The van der Waals surface area contributed by atoms with Crippen LogP contribution in [0.15, 0.2) is 22.7 Å². The first-order valence-electron chi connectivity index (χ1n) is 8.15. The van der Waals surface area contributed by atoms with E-state index >= 15 is 0 Å². The number of carbonyl (C=O) groups excluding carboxylic acids is 2. The Kier molecular flexibility index (Phi) is 6.21. The van der Waals surface area contributed by atoms with Crippen LogP contribution in [0, 0.1) is 6.92 Å².